The molecule has 146 valence electrons. The van der Waals surface area contributed by atoms with E-state index in [1.807, 2.05) is 0 Å². The van der Waals surface area contributed by atoms with E-state index in [2.05, 4.69) is 4.72 Å². The molecule has 8 nitrogen and oxygen atoms in total. The lowest BCUT2D eigenvalue weighted by Gasteiger charge is -2.18. The van der Waals surface area contributed by atoms with E-state index in [-0.39, 0.29) is 34.9 Å². The van der Waals surface area contributed by atoms with Gasteiger partial charge in [0.2, 0.25) is 10.0 Å². The van der Waals surface area contributed by atoms with Gasteiger partial charge in [-0.2, -0.15) is 0 Å². The molecular formula is C16H22ClNO7S. The lowest BCUT2D eigenvalue weighted by molar-refractivity contribution is -0.137. The van der Waals surface area contributed by atoms with E-state index in [1.165, 1.54) is 12.1 Å². The van der Waals surface area contributed by atoms with Crippen LogP contribution >= 0.6 is 11.6 Å². The minimum atomic E-state index is -4.02. The Morgan fingerprint density at radius 2 is 1.81 bits per heavy atom. The van der Waals surface area contributed by atoms with Crippen molar-refractivity contribution in [3.8, 4) is 0 Å². The number of benzene rings is 1. The van der Waals surface area contributed by atoms with Gasteiger partial charge >= 0.3 is 5.97 Å². The third-order valence-electron chi connectivity index (χ3n) is 3.25. The van der Waals surface area contributed by atoms with Crippen LogP contribution in [0.25, 0.3) is 0 Å². The molecule has 10 heteroatoms. The van der Waals surface area contributed by atoms with E-state index in [1.54, 1.807) is 13.8 Å². The minimum absolute atomic E-state index is 0.0587. The van der Waals surface area contributed by atoms with Gasteiger partial charge in [-0.1, -0.05) is 11.6 Å². The first-order chi connectivity index (χ1) is 12.2. The van der Waals surface area contributed by atoms with Gasteiger partial charge in [-0.05, 0) is 32.0 Å². The fourth-order valence-electron chi connectivity index (χ4n) is 2.04. The Kier molecular flexibility index (Phi) is 9.17. The maximum Gasteiger partial charge on any atom is 0.303 e. The number of aliphatic carboxylic acids is 1. The van der Waals surface area contributed by atoms with Crippen LogP contribution in [0.3, 0.4) is 0 Å². The second-order valence-electron chi connectivity index (χ2n) is 5.15. The zero-order valence-corrected chi connectivity index (χ0v) is 16.1. The minimum Gasteiger partial charge on any atom is -0.481 e. The zero-order chi connectivity index (χ0) is 19.7. The molecule has 0 radical (unpaired) electrons. The Morgan fingerprint density at radius 1 is 1.19 bits per heavy atom. The Labute approximate surface area is 157 Å². The summed E-state index contributed by atoms with van der Waals surface area (Å²) in [6, 6.07) is 3.77. The quantitative estimate of drug-likeness (QED) is 0.402. The molecule has 0 unspecified atom stereocenters. The smallest absolute Gasteiger partial charge is 0.303 e. The molecule has 0 aliphatic rings. The summed E-state index contributed by atoms with van der Waals surface area (Å²) in [6.07, 6.45) is -1.33. The van der Waals surface area contributed by atoms with Crippen LogP contribution in [0.4, 0.5) is 0 Å². The number of ether oxygens (including phenoxy) is 2. The molecular weight excluding hydrogens is 386 g/mol. The van der Waals surface area contributed by atoms with Gasteiger partial charge in [-0.3, -0.25) is 9.59 Å². The summed E-state index contributed by atoms with van der Waals surface area (Å²) in [5.41, 5.74) is 0.0715. The highest BCUT2D eigenvalue weighted by Crippen LogP contribution is 2.23. The summed E-state index contributed by atoms with van der Waals surface area (Å²) in [6.45, 7) is 4.08. The van der Waals surface area contributed by atoms with Gasteiger partial charge in [0.15, 0.2) is 12.1 Å². The van der Waals surface area contributed by atoms with E-state index in [4.69, 9.17) is 26.2 Å². The number of carbonyl (C=O) groups is 2. The van der Waals surface area contributed by atoms with Crippen molar-refractivity contribution >= 4 is 33.4 Å². The average molecular weight is 408 g/mol. The topological polar surface area (TPSA) is 119 Å². The lowest BCUT2D eigenvalue weighted by atomic mass is 10.1. The van der Waals surface area contributed by atoms with E-state index in [0.717, 1.165) is 6.07 Å². The zero-order valence-electron chi connectivity index (χ0n) is 14.5. The van der Waals surface area contributed by atoms with Crippen LogP contribution in [0.15, 0.2) is 23.1 Å². The van der Waals surface area contributed by atoms with Crippen molar-refractivity contribution in [1.82, 2.24) is 4.72 Å². The van der Waals surface area contributed by atoms with Crippen molar-refractivity contribution in [1.29, 1.82) is 0 Å². The molecule has 0 atom stereocenters. The Balaban J connectivity index is 2.95. The van der Waals surface area contributed by atoms with Crippen molar-refractivity contribution in [3.63, 3.8) is 0 Å². The molecule has 0 aliphatic carbocycles. The highest BCUT2D eigenvalue weighted by molar-refractivity contribution is 7.89. The van der Waals surface area contributed by atoms with E-state index in [9.17, 15) is 18.0 Å². The predicted molar refractivity (Wildman–Crippen MR) is 94.9 cm³/mol. The average Bonchev–Trinajstić information content (AvgIpc) is 2.58. The molecule has 1 aromatic rings. The summed E-state index contributed by atoms with van der Waals surface area (Å²) in [5.74, 6) is -1.60. The second-order valence-corrected chi connectivity index (χ2v) is 7.30. The normalized spacial score (nSPS) is 11.7. The maximum absolute atomic E-state index is 12.5. The Bertz CT molecular complexity index is 730. The fraction of sp³-hybridized carbons (Fsp3) is 0.500. The van der Waals surface area contributed by atoms with Crippen molar-refractivity contribution in [2.75, 3.05) is 19.8 Å². The monoisotopic (exact) mass is 407 g/mol. The van der Waals surface area contributed by atoms with Crippen molar-refractivity contribution in [3.05, 3.63) is 28.8 Å². The van der Waals surface area contributed by atoms with Crippen LogP contribution in [0.2, 0.25) is 5.02 Å². The maximum atomic E-state index is 12.5. The van der Waals surface area contributed by atoms with Crippen LogP contribution < -0.4 is 4.72 Å². The first kappa shape index (κ1) is 22.5. The number of hydrogen-bond acceptors (Lipinski definition) is 6. The van der Waals surface area contributed by atoms with Crippen molar-refractivity contribution in [2.45, 2.75) is 37.9 Å². The van der Waals surface area contributed by atoms with Gasteiger partial charge in [-0.15, -0.1) is 0 Å². The molecule has 0 amide bonds. The highest BCUT2D eigenvalue weighted by Gasteiger charge is 2.22. The summed E-state index contributed by atoms with van der Waals surface area (Å²) >= 11 is 5.96. The number of carbonyl (C=O) groups excluding carboxylic acids is 1. The van der Waals surface area contributed by atoms with E-state index < -0.39 is 28.1 Å². The number of carboxylic acids is 1. The SMILES string of the molecule is CCOC(CNS(=O)(=O)c1cc(C(=O)CCC(=O)O)ccc1Cl)OCC. The van der Waals surface area contributed by atoms with E-state index in [0.29, 0.717) is 13.2 Å². The molecule has 0 bridgehead atoms. The number of carboxylic acid groups (broad SMARTS) is 1. The first-order valence-electron chi connectivity index (χ1n) is 7.98. The highest BCUT2D eigenvalue weighted by atomic mass is 35.5. The fourth-order valence-corrected chi connectivity index (χ4v) is 3.58. The first-order valence-corrected chi connectivity index (χ1v) is 9.84. The standard InChI is InChI=1S/C16H22ClNO7S/c1-3-24-16(25-4-2)10-18-26(22,23)14-9-11(5-6-12(14)17)13(19)7-8-15(20)21/h5-6,9,16,18H,3-4,7-8,10H2,1-2H3,(H,20,21). The number of rotatable bonds is 12. The molecule has 0 fully saturated rings. The largest absolute Gasteiger partial charge is 0.481 e. The number of Topliss-reactive ketones (excluding diaryl/α,β-unsaturated/α-hetero) is 1. The molecule has 0 heterocycles. The number of halogens is 1. The Morgan fingerprint density at radius 3 is 2.35 bits per heavy atom. The molecule has 0 saturated carbocycles. The van der Waals surface area contributed by atoms with Crippen LogP contribution in [0, 0.1) is 0 Å². The molecule has 0 spiro atoms. The summed E-state index contributed by atoms with van der Waals surface area (Å²) < 4.78 is 37.9. The Hall–Kier alpha value is -1.52. The lowest BCUT2D eigenvalue weighted by Crippen LogP contribution is -2.35. The second kappa shape index (κ2) is 10.6. The summed E-state index contributed by atoms with van der Waals surface area (Å²) in [5, 5.41) is 8.59. The van der Waals surface area contributed by atoms with Gasteiger partial charge in [-0.25, -0.2) is 13.1 Å². The number of ketones is 1. The van der Waals surface area contributed by atoms with Crippen LogP contribution in [-0.2, 0) is 24.3 Å². The van der Waals surface area contributed by atoms with Crippen LogP contribution in [-0.4, -0.2) is 51.3 Å². The molecule has 26 heavy (non-hydrogen) atoms. The number of hydrogen-bond donors (Lipinski definition) is 2. The van der Waals surface area contributed by atoms with Crippen molar-refractivity contribution < 1.29 is 32.6 Å². The van der Waals surface area contributed by atoms with Crippen LogP contribution in [0.1, 0.15) is 37.0 Å². The van der Waals surface area contributed by atoms with Gasteiger partial charge in [0, 0.05) is 25.2 Å². The third-order valence-corrected chi connectivity index (χ3v) is 5.16. The predicted octanol–water partition coefficient (Wildman–Crippen LogP) is 2.06. The number of nitrogens with one attached hydrogen (secondary N) is 1. The number of sulfonamides is 1. The van der Waals surface area contributed by atoms with Crippen LogP contribution in [0.5, 0.6) is 0 Å². The molecule has 2 N–H and O–H groups in total. The molecule has 0 aromatic heterocycles. The molecule has 0 aliphatic heterocycles. The molecule has 1 rings (SSSR count). The van der Waals surface area contributed by atoms with Gasteiger partial charge in [0.05, 0.1) is 18.0 Å². The third kappa shape index (κ3) is 7.00. The van der Waals surface area contributed by atoms with Crippen molar-refractivity contribution in [2.24, 2.45) is 0 Å². The van der Waals surface area contributed by atoms with Gasteiger partial charge < -0.3 is 14.6 Å². The molecule has 1 aromatic carbocycles. The summed E-state index contributed by atoms with van der Waals surface area (Å²) in [4.78, 5) is 22.3. The molecule has 0 saturated heterocycles. The van der Waals surface area contributed by atoms with Gasteiger partial charge in [0.25, 0.3) is 0 Å². The van der Waals surface area contributed by atoms with E-state index >= 15 is 0 Å². The van der Waals surface area contributed by atoms with Gasteiger partial charge in [0.1, 0.15) is 4.90 Å². The summed E-state index contributed by atoms with van der Waals surface area (Å²) in [7, 11) is -4.02.